The molecule has 5 nitrogen and oxygen atoms in total. The second-order valence-corrected chi connectivity index (χ2v) is 8.89. The highest BCUT2D eigenvalue weighted by molar-refractivity contribution is 5.78. The molecule has 5 heteroatoms. The number of nitrogens with zero attached hydrogens (tertiary/aromatic N) is 1. The van der Waals surface area contributed by atoms with E-state index in [9.17, 15) is 9.59 Å². The Morgan fingerprint density at radius 3 is 2.37 bits per heavy atom. The molecule has 0 spiro atoms. The number of allylic oxidation sites excluding steroid dienone is 1. The lowest BCUT2D eigenvalue weighted by molar-refractivity contribution is -0.143. The Hall–Kier alpha value is -2.30. The van der Waals surface area contributed by atoms with E-state index in [0.29, 0.717) is 18.7 Å². The number of benzene rings is 1. The van der Waals surface area contributed by atoms with Gasteiger partial charge >= 0.3 is 12.1 Å². The third-order valence-corrected chi connectivity index (χ3v) is 4.22. The summed E-state index contributed by atoms with van der Waals surface area (Å²) in [6.45, 7) is 13.6. The summed E-state index contributed by atoms with van der Waals surface area (Å²) in [4.78, 5) is 26.5. The summed E-state index contributed by atoms with van der Waals surface area (Å²) >= 11 is 0. The average Bonchev–Trinajstić information content (AvgIpc) is 2.52. The molecule has 1 aromatic rings. The summed E-state index contributed by atoms with van der Waals surface area (Å²) in [5.74, 6) is 0.275. The van der Waals surface area contributed by atoms with Crippen molar-refractivity contribution in [1.82, 2.24) is 4.90 Å². The highest BCUT2D eigenvalue weighted by Gasteiger charge is 2.32. The van der Waals surface area contributed by atoms with E-state index >= 15 is 0 Å². The largest absolute Gasteiger partial charge is 0.444 e. The topological polar surface area (TPSA) is 55.8 Å². The molecule has 0 aromatic heterocycles. The zero-order valence-electron chi connectivity index (χ0n) is 17.5. The summed E-state index contributed by atoms with van der Waals surface area (Å²) in [5, 5.41) is 0. The first-order valence-electron chi connectivity index (χ1n) is 9.40. The average molecular weight is 373 g/mol. The number of carbonyl (C=O) groups excluding carboxylic acids is 2. The summed E-state index contributed by atoms with van der Waals surface area (Å²) < 4.78 is 11.1. The Morgan fingerprint density at radius 1 is 1.15 bits per heavy atom. The number of hydrogen-bond donors (Lipinski definition) is 0. The molecule has 0 saturated carbocycles. The lowest BCUT2D eigenvalue weighted by Crippen LogP contribution is -2.42. The van der Waals surface area contributed by atoms with Crippen molar-refractivity contribution in [3.63, 3.8) is 0 Å². The molecule has 27 heavy (non-hydrogen) atoms. The maximum atomic E-state index is 12.6. The number of rotatable bonds is 2. The minimum atomic E-state index is -0.559. The minimum Gasteiger partial charge on any atom is -0.444 e. The van der Waals surface area contributed by atoms with E-state index < -0.39 is 11.0 Å². The molecule has 1 amide bonds. The molecule has 0 fully saturated rings. The molecule has 0 saturated heterocycles. The Bertz CT molecular complexity index is 738. The van der Waals surface area contributed by atoms with Crippen molar-refractivity contribution in [3.8, 4) is 5.75 Å². The first kappa shape index (κ1) is 21.0. The first-order valence-corrected chi connectivity index (χ1v) is 9.40. The summed E-state index contributed by atoms with van der Waals surface area (Å²) in [5.41, 5.74) is 1.01. The van der Waals surface area contributed by atoms with E-state index in [1.807, 2.05) is 72.8 Å². The number of ether oxygens (including phenoxy) is 2. The van der Waals surface area contributed by atoms with Crippen molar-refractivity contribution in [2.24, 2.45) is 5.41 Å². The third-order valence-electron chi connectivity index (χ3n) is 4.22. The van der Waals surface area contributed by atoms with Crippen molar-refractivity contribution >= 4 is 12.1 Å². The zero-order chi connectivity index (χ0) is 20.4. The molecule has 0 aliphatic carbocycles. The van der Waals surface area contributed by atoms with Gasteiger partial charge in [-0.25, -0.2) is 4.79 Å². The normalized spacial score (nSPS) is 17.6. The summed E-state index contributed by atoms with van der Waals surface area (Å²) in [7, 11) is 0. The van der Waals surface area contributed by atoms with Crippen molar-refractivity contribution < 1.29 is 19.1 Å². The Labute approximate surface area is 162 Å². The maximum Gasteiger partial charge on any atom is 0.411 e. The number of carbonyl (C=O) groups is 2. The van der Waals surface area contributed by atoms with Crippen LogP contribution in [0.5, 0.6) is 5.75 Å². The monoisotopic (exact) mass is 373 g/mol. The smallest absolute Gasteiger partial charge is 0.411 e. The molecule has 1 aromatic carbocycles. The number of hydrogen-bond acceptors (Lipinski definition) is 4. The fourth-order valence-electron chi connectivity index (χ4n) is 2.87. The van der Waals surface area contributed by atoms with E-state index in [0.717, 1.165) is 11.1 Å². The molecule has 0 N–H and O–H groups in total. The first-order chi connectivity index (χ1) is 12.4. The van der Waals surface area contributed by atoms with Crippen LogP contribution in [0.1, 0.15) is 65.6 Å². The van der Waals surface area contributed by atoms with Crippen LogP contribution >= 0.6 is 0 Å². The molecule has 0 radical (unpaired) electrons. The van der Waals surface area contributed by atoms with E-state index in [1.54, 1.807) is 11.0 Å². The Kier molecular flexibility index (Phi) is 6.03. The van der Waals surface area contributed by atoms with Crippen LogP contribution in [0.15, 0.2) is 30.4 Å². The van der Waals surface area contributed by atoms with Crippen molar-refractivity contribution in [2.75, 3.05) is 6.54 Å². The molecular weight excluding hydrogens is 342 g/mol. The van der Waals surface area contributed by atoms with E-state index in [2.05, 4.69) is 0 Å². The van der Waals surface area contributed by atoms with Gasteiger partial charge in [0.1, 0.15) is 11.4 Å². The van der Waals surface area contributed by atoms with Gasteiger partial charge in [0.15, 0.2) is 0 Å². The van der Waals surface area contributed by atoms with Gasteiger partial charge in [0.05, 0.1) is 11.5 Å². The van der Waals surface area contributed by atoms with Crippen LogP contribution in [0.25, 0.3) is 0 Å². The van der Waals surface area contributed by atoms with Gasteiger partial charge in [-0.1, -0.05) is 18.2 Å². The van der Waals surface area contributed by atoms with Crippen LogP contribution in [0.2, 0.25) is 0 Å². The lowest BCUT2D eigenvalue weighted by Gasteiger charge is -2.37. The molecule has 0 unspecified atom stereocenters. The highest BCUT2D eigenvalue weighted by Crippen LogP contribution is 2.34. The molecule has 1 atom stereocenters. The molecule has 0 bridgehead atoms. The standard InChI is InChI=1S/C22H31NO4/c1-8-9-18-17-11-10-16(26-19(24)21(2,3)4)14-15(17)12-13-23(18)20(25)27-22(5,6)7/h8-11,14,18H,12-13H2,1-7H3/b9-8+/t18-/m0/s1. The minimum absolute atomic E-state index is 0.194. The number of esters is 1. The highest BCUT2D eigenvalue weighted by atomic mass is 16.6. The van der Waals surface area contributed by atoms with Gasteiger partial charge in [-0.2, -0.15) is 0 Å². The van der Waals surface area contributed by atoms with Crippen LogP contribution in [-0.4, -0.2) is 29.1 Å². The van der Waals surface area contributed by atoms with Gasteiger partial charge in [-0.3, -0.25) is 9.69 Å². The second-order valence-electron chi connectivity index (χ2n) is 8.89. The van der Waals surface area contributed by atoms with Gasteiger partial charge < -0.3 is 9.47 Å². The number of amides is 1. The van der Waals surface area contributed by atoms with Gasteiger partial charge in [-0.15, -0.1) is 0 Å². The Morgan fingerprint density at radius 2 is 1.81 bits per heavy atom. The molecule has 2 rings (SSSR count). The van der Waals surface area contributed by atoms with E-state index in [-0.39, 0.29) is 18.1 Å². The molecular formula is C22H31NO4. The van der Waals surface area contributed by atoms with Gasteiger partial charge in [0.25, 0.3) is 0 Å². The summed E-state index contributed by atoms with van der Waals surface area (Å²) in [6.07, 6.45) is 4.29. The number of fused-ring (bicyclic) bond motifs is 1. The quantitative estimate of drug-likeness (QED) is 0.414. The zero-order valence-corrected chi connectivity index (χ0v) is 17.5. The molecule has 1 heterocycles. The SMILES string of the molecule is C/C=C/[C@H]1c2ccc(OC(=O)C(C)(C)C)cc2CCN1C(=O)OC(C)(C)C. The van der Waals surface area contributed by atoms with Gasteiger partial charge in [0.2, 0.25) is 0 Å². The predicted octanol–water partition coefficient (Wildman–Crippen LogP) is 5.05. The maximum absolute atomic E-state index is 12.6. The third kappa shape index (κ3) is 5.34. The van der Waals surface area contributed by atoms with Gasteiger partial charge in [-0.05, 0) is 78.1 Å². The van der Waals surface area contributed by atoms with Crippen molar-refractivity contribution in [3.05, 3.63) is 41.5 Å². The van der Waals surface area contributed by atoms with Crippen molar-refractivity contribution in [1.29, 1.82) is 0 Å². The van der Waals surface area contributed by atoms with Crippen LogP contribution in [0.4, 0.5) is 4.79 Å². The van der Waals surface area contributed by atoms with Crippen LogP contribution in [-0.2, 0) is 16.0 Å². The Balaban J connectivity index is 2.28. The predicted molar refractivity (Wildman–Crippen MR) is 106 cm³/mol. The van der Waals surface area contributed by atoms with E-state index in [1.165, 1.54) is 0 Å². The van der Waals surface area contributed by atoms with Gasteiger partial charge in [0, 0.05) is 6.54 Å². The molecule has 1 aliphatic heterocycles. The second kappa shape index (κ2) is 7.75. The van der Waals surface area contributed by atoms with Crippen LogP contribution in [0.3, 0.4) is 0 Å². The van der Waals surface area contributed by atoms with Crippen LogP contribution < -0.4 is 4.74 Å². The molecule has 1 aliphatic rings. The lowest BCUT2D eigenvalue weighted by atomic mass is 9.92. The fourth-order valence-corrected chi connectivity index (χ4v) is 2.87. The summed E-state index contributed by atoms with van der Waals surface area (Å²) in [6, 6.07) is 5.43. The van der Waals surface area contributed by atoms with E-state index in [4.69, 9.17) is 9.47 Å². The fraction of sp³-hybridized carbons (Fsp3) is 0.545. The van der Waals surface area contributed by atoms with Crippen molar-refractivity contribution in [2.45, 2.75) is 66.5 Å². The molecule has 148 valence electrons. The van der Waals surface area contributed by atoms with Crippen LogP contribution in [0, 0.1) is 5.41 Å².